The Morgan fingerprint density at radius 2 is 0.868 bits per heavy atom. The van der Waals surface area contributed by atoms with Crippen molar-refractivity contribution in [2.24, 2.45) is 17.4 Å². The van der Waals surface area contributed by atoms with Crippen molar-refractivity contribution in [3.63, 3.8) is 0 Å². The van der Waals surface area contributed by atoms with Crippen molar-refractivity contribution < 1.29 is 34.8 Å². The first-order valence-corrected chi connectivity index (χ1v) is 28.4. The standard InChI is InChI=1S/C53H110N8O7/c1-5-34-45(60-43(54)7-3)58-40-42(41-59-46(35-6-2)61-44(55)8-4)36-30-27-29-32-38-56-47(62)37-31-26-24-22-20-18-16-14-12-10-9-11-13-15-17-19-21-23-25-28-33-39-57-52(66)51-49(64)48(63)50(65)53(67)68-51/h42-46,48-51,53,58-61,63-65,67H,5-41,54-55H2,1-4H3,(H,56,62)(H,57,66). The Morgan fingerprint density at radius 1 is 0.485 bits per heavy atom. The fourth-order valence-electron chi connectivity index (χ4n) is 9.10. The van der Waals surface area contributed by atoms with Crippen molar-refractivity contribution in [1.29, 1.82) is 0 Å². The number of unbranched alkanes of at least 4 members (excludes halogenated alkanes) is 23. The first-order valence-electron chi connectivity index (χ1n) is 28.4. The molecule has 0 aromatic rings. The van der Waals surface area contributed by atoms with Gasteiger partial charge in [-0.15, -0.1) is 0 Å². The third-order valence-corrected chi connectivity index (χ3v) is 13.8. The molecule has 15 heteroatoms. The minimum absolute atomic E-state index is 0.0104. The van der Waals surface area contributed by atoms with E-state index in [1.807, 2.05) is 0 Å². The summed E-state index contributed by atoms with van der Waals surface area (Å²) in [5.41, 5.74) is 12.5. The van der Waals surface area contributed by atoms with Crippen molar-refractivity contribution in [2.45, 2.75) is 295 Å². The average Bonchev–Trinajstić information content (AvgIpc) is 3.33. The quantitative estimate of drug-likeness (QED) is 0.0214. The third kappa shape index (κ3) is 34.0. The van der Waals surface area contributed by atoms with Gasteiger partial charge in [-0.1, -0.05) is 182 Å². The molecule has 0 bridgehead atoms. The summed E-state index contributed by atoms with van der Waals surface area (Å²) in [6, 6.07) is 0. The maximum Gasteiger partial charge on any atom is 0.252 e. The fourth-order valence-corrected chi connectivity index (χ4v) is 9.10. The number of aliphatic hydroxyl groups is 4. The summed E-state index contributed by atoms with van der Waals surface area (Å²) in [5.74, 6) is 0.135. The van der Waals surface area contributed by atoms with Crippen LogP contribution in [-0.2, 0) is 14.3 Å². The molecule has 0 aliphatic carbocycles. The van der Waals surface area contributed by atoms with Crippen LogP contribution in [0, 0.1) is 5.92 Å². The fraction of sp³-hybridized carbons (Fsp3) is 0.962. The number of amides is 2. The molecule has 0 radical (unpaired) electrons. The van der Waals surface area contributed by atoms with Gasteiger partial charge in [0.15, 0.2) is 12.4 Å². The van der Waals surface area contributed by atoms with Crippen LogP contribution >= 0.6 is 0 Å². The Kier molecular flexibility index (Phi) is 42.0. The molecule has 0 spiro atoms. The van der Waals surface area contributed by atoms with Gasteiger partial charge in [0.2, 0.25) is 5.91 Å². The van der Waals surface area contributed by atoms with Crippen molar-refractivity contribution in [1.82, 2.24) is 31.9 Å². The van der Waals surface area contributed by atoms with Crippen LogP contribution < -0.4 is 43.4 Å². The molecular formula is C53H110N8O7. The average molecular weight is 972 g/mol. The Morgan fingerprint density at radius 3 is 1.28 bits per heavy atom. The van der Waals surface area contributed by atoms with Crippen LogP contribution in [0.1, 0.15) is 240 Å². The lowest BCUT2D eigenvalue weighted by molar-refractivity contribution is -0.275. The van der Waals surface area contributed by atoms with Gasteiger partial charge in [-0.05, 0) is 57.3 Å². The molecule has 1 rings (SSSR count). The van der Waals surface area contributed by atoms with Crippen LogP contribution in [0.5, 0.6) is 0 Å². The smallest absolute Gasteiger partial charge is 0.252 e. The van der Waals surface area contributed by atoms with Gasteiger partial charge in [0.1, 0.15) is 18.3 Å². The number of nitrogens with two attached hydrogens (primary N) is 2. The van der Waals surface area contributed by atoms with Crippen LogP contribution in [0.4, 0.5) is 0 Å². The minimum atomic E-state index is -1.71. The molecule has 1 heterocycles. The number of nitrogens with one attached hydrogen (secondary N) is 6. The molecule has 15 nitrogen and oxygen atoms in total. The summed E-state index contributed by atoms with van der Waals surface area (Å²) >= 11 is 0. The lowest BCUT2D eigenvalue weighted by atomic mass is 9.98. The molecule has 9 unspecified atom stereocenters. The minimum Gasteiger partial charge on any atom is -0.387 e. The predicted molar refractivity (Wildman–Crippen MR) is 279 cm³/mol. The molecule has 68 heavy (non-hydrogen) atoms. The molecule has 404 valence electrons. The number of carbonyl (C=O) groups is 2. The number of hydrogen-bond donors (Lipinski definition) is 12. The van der Waals surface area contributed by atoms with Crippen LogP contribution in [0.15, 0.2) is 0 Å². The first kappa shape index (κ1) is 64.5. The van der Waals surface area contributed by atoms with Crippen LogP contribution in [-0.4, -0.2) is 114 Å². The molecule has 9 atom stereocenters. The van der Waals surface area contributed by atoms with E-state index in [4.69, 9.17) is 16.2 Å². The second-order valence-corrected chi connectivity index (χ2v) is 20.2. The maximum absolute atomic E-state index is 12.4. The lowest BCUT2D eigenvalue weighted by Crippen LogP contribution is -2.61. The Labute approximate surface area is 415 Å². The van der Waals surface area contributed by atoms with Gasteiger partial charge < -0.3 is 57.9 Å². The van der Waals surface area contributed by atoms with E-state index in [9.17, 15) is 30.0 Å². The molecule has 0 saturated carbocycles. The highest BCUT2D eigenvalue weighted by Crippen LogP contribution is 2.21. The highest BCUT2D eigenvalue weighted by molar-refractivity contribution is 5.81. The second-order valence-electron chi connectivity index (χ2n) is 20.2. The summed E-state index contributed by atoms with van der Waals surface area (Å²) in [6.07, 6.45) is 31.2. The lowest BCUT2D eigenvalue weighted by Gasteiger charge is -2.37. The molecule has 2 amide bonds. The molecule has 1 saturated heterocycles. The van der Waals surface area contributed by atoms with E-state index in [-0.39, 0.29) is 30.6 Å². The number of aliphatic hydroxyl groups excluding tert-OH is 4. The van der Waals surface area contributed by atoms with E-state index in [1.54, 1.807) is 0 Å². The zero-order valence-electron chi connectivity index (χ0n) is 44.1. The Hall–Kier alpha value is -1.50. The summed E-state index contributed by atoms with van der Waals surface area (Å²) in [4.78, 5) is 24.7. The third-order valence-electron chi connectivity index (χ3n) is 13.8. The normalized spacial score (nSPS) is 20.8. The number of rotatable bonds is 48. The van der Waals surface area contributed by atoms with Gasteiger partial charge in [0, 0.05) is 32.6 Å². The second kappa shape index (κ2) is 44.2. The molecule has 0 aromatic heterocycles. The number of ether oxygens (including phenoxy) is 1. The summed E-state index contributed by atoms with van der Waals surface area (Å²) in [7, 11) is 0. The number of hydrogen-bond acceptors (Lipinski definition) is 13. The zero-order chi connectivity index (χ0) is 50.0. The van der Waals surface area contributed by atoms with Gasteiger partial charge in [-0.25, -0.2) is 0 Å². The molecule has 1 fully saturated rings. The van der Waals surface area contributed by atoms with E-state index in [0.29, 0.717) is 18.9 Å². The summed E-state index contributed by atoms with van der Waals surface area (Å²) in [6.45, 7) is 11.8. The molecule has 1 aliphatic rings. The van der Waals surface area contributed by atoms with Crippen molar-refractivity contribution in [3.8, 4) is 0 Å². The van der Waals surface area contributed by atoms with E-state index in [2.05, 4.69) is 59.6 Å². The Balaban J connectivity index is 1.96. The topological polar surface area (TPSA) is 249 Å². The predicted octanol–water partition coefficient (Wildman–Crippen LogP) is 7.17. The number of carbonyl (C=O) groups excluding carboxylic acids is 2. The van der Waals surface area contributed by atoms with Crippen LogP contribution in [0.25, 0.3) is 0 Å². The van der Waals surface area contributed by atoms with E-state index >= 15 is 0 Å². The first-order chi connectivity index (χ1) is 33.0. The van der Waals surface area contributed by atoms with E-state index in [1.165, 1.54) is 116 Å². The largest absolute Gasteiger partial charge is 0.387 e. The van der Waals surface area contributed by atoms with E-state index in [0.717, 1.165) is 110 Å². The van der Waals surface area contributed by atoms with Gasteiger partial charge in [-0.2, -0.15) is 0 Å². The van der Waals surface area contributed by atoms with Gasteiger partial charge in [-0.3, -0.25) is 20.2 Å². The highest BCUT2D eigenvalue weighted by Gasteiger charge is 2.46. The molecule has 1 aliphatic heterocycles. The Bertz CT molecular complexity index is 1140. The van der Waals surface area contributed by atoms with Crippen molar-refractivity contribution in [3.05, 3.63) is 0 Å². The molecular weight excluding hydrogens is 861 g/mol. The SMILES string of the molecule is CCCC(NCC(CCCCCCNC(=O)CCCCCCCCCCCCCCCCCCCCCCCNC(=O)C1OC(O)C(O)C(O)C1O)CNC(CCC)NC(N)CC)NC(N)CC. The van der Waals surface area contributed by atoms with Crippen molar-refractivity contribution >= 4 is 11.8 Å². The van der Waals surface area contributed by atoms with Crippen molar-refractivity contribution in [2.75, 3.05) is 26.2 Å². The van der Waals surface area contributed by atoms with Gasteiger partial charge in [0.05, 0.1) is 24.7 Å². The van der Waals surface area contributed by atoms with Gasteiger partial charge >= 0.3 is 0 Å². The zero-order valence-corrected chi connectivity index (χ0v) is 44.1. The molecule has 14 N–H and O–H groups in total. The maximum atomic E-state index is 12.4. The summed E-state index contributed by atoms with van der Waals surface area (Å²) < 4.78 is 4.96. The monoisotopic (exact) mass is 971 g/mol. The van der Waals surface area contributed by atoms with Gasteiger partial charge in [0.25, 0.3) is 5.91 Å². The highest BCUT2D eigenvalue weighted by atomic mass is 16.6. The summed E-state index contributed by atoms with van der Waals surface area (Å²) in [5, 5.41) is 59.4. The van der Waals surface area contributed by atoms with E-state index < -0.39 is 36.6 Å². The molecule has 0 aromatic carbocycles. The van der Waals surface area contributed by atoms with Crippen LogP contribution in [0.3, 0.4) is 0 Å². The van der Waals surface area contributed by atoms with Crippen LogP contribution in [0.2, 0.25) is 0 Å².